The number of hydrogen-bond donors (Lipinski definition) is 0. The van der Waals surface area contributed by atoms with Gasteiger partial charge in [0.2, 0.25) is 0 Å². The third-order valence-electron chi connectivity index (χ3n) is 1.55. The summed E-state index contributed by atoms with van der Waals surface area (Å²) in [6, 6.07) is 1.95. The number of hydrogen-bond acceptors (Lipinski definition) is 1. The van der Waals surface area contributed by atoms with Crippen LogP contribution in [0, 0.1) is 6.92 Å². The molecule has 60 valence electrons. The van der Waals surface area contributed by atoms with E-state index in [4.69, 9.17) is 11.6 Å². The van der Waals surface area contributed by atoms with Gasteiger partial charge in [0.25, 0.3) is 0 Å². The summed E-state index contributed by atoms with van der Waals surface area (Å²) in [6.07, 6.45) is 1.85. The SMILES string of the molecule is Cc1cnc(C(C)C)c(Cl)c1. The Labute approximate surface area is 72.4 Å². The van der Waals surface area contributed by atoms with Crippen LogP contribution in [0.1, 0.15) is 31.0 Å². The highest BCUT2D eigenvalue weighted by Crippen LogP contribution is 2.21. The van der Waals surface area contributed by atoms with E-state index in [1.165, 1.54) is 0 Å². The number of pyridine rings is 1. The third-order valence-corrected chi connectivity index (χ3v) is 1.86. The summed E-state index contributed by atoms with van der Waals surface area (Å²) in [6.45, 7) is 6.16. The Bertz CT molecular complexity index is 256. The van der Waals surface area contributed by atoms with Crippen molar-refractivity contribution in [2.24, 2.45) is 0 Å². The summed E-state index contributed by atoms with van der Waals surface area (Å²) in [5.74, 6) is 0.406. The van der Waals surface area contributed by atoms with E-state index < -0.39 is 0 Å². The van der Waals surface area contributed by atoms with Crippen molar-refractivity contribution in [1.29, 1.82) is 0 Å². The lowest BCUT2D eigenvalue weighted by atomic mass is 10.1. The van der Waals surface area contributed by atoms with Crippen LogP contribution in [0.25, 0.3) is 0 Å². The molecule has 0 aliphatic carbocycles. The first kappa shape index (κ1) is 8.54. The Morgan fingerprint density at radius 3 is 2.55 bits per heavy atom. The van der Waals surface area contributed by atoms with Crippen LogP contribution < -0.4 is 0 Å². The molecule has 1 nitrogen and oxygen atoms in total. The summed E-state index contributed by atoms with van der Waals surface area (Å²) < 4.78 is 0. The molecule has 1 aromatic rings. The topological polar surface area (TPSA) is 12.9 Å². The molecule has 1 aromatic heterocycles. The quantitative estimate of drug-likeness (QED) is 0.630. The average molecular weight is 170 g/mol. The van der Waals surface area contributed by atoms with E-state index in [1.54, 1.807) is 0 Å². The number of nitrogens with zero attached hydrogens (tertiary/aromatic N) is 1. The van der Waals surface area contributed by atoms with Gasteiger partial charge in [-0.2, -0.15) is 0 Å². The molecule has 0 amide bonds. The molecule has 0 bridgehead atoms. The Balaban J connectivity index is 3.09. The van der Waals surface area contributed by atoms with Crippen LogP contribution in [0.5, 0.6) is 0 Å². The number of aryl methyl sites for hydroxylation is 1. The molecule has 0 atom stereocenters. The average Bonchev–Trinajstić information content (AvgIpc) is 1.85. The lowest BCUT2D eigenvalue weighted by molar-refractivity contribution is 0.821. The highest BCUT2D eigenvalue weighted by Gasteiger charge is 2.05. The van der Waals surface area contributed by atoms with Gasteiger partial charge in [-0.15, -0.1) is 0 Å². The van der Waals surface area contributed by atoms with Crippen LogP contribution in [-0.4, -0.2) is 4.98 Å². The minimum Gasteiger partial charge on any atom is -0.259 e. The number of rotatable bonds is 1. The molecule has 0 fully saturated rings. The Hall–Kier alpha value is -0.560. The predicted molar refractivity (Wildman–Crippen MR) is 48.1 cm³/mol. The molecule has 0 aromatic carbocycles. The fourth-order valence-electron chi connectivity index (χ4n) is 0.969. The van der Waals surface area contributed by atoms with Crippen molar-refractivity contribution in [2.75, 3.05) is 0 Å². The van der Waals surface area contributed by atoms with Crippen molar-refractivity contribution in [3.05, 3.63) is 28.5 Å². The van der Waals surface area contributed by atoms with E-state index in [-0.39, 0.29) is 0 Å². The molecule has 11 heavy (non-hydrogen) atoms. The monoisotopic (exact) mass is 169 g/mol. The van der Waals surface area contributed by atoms with Crippen molar-refractivity contribution in [3.63, 3.8) is 0 Å². The van der Waals surface area contributed by atoms with Crippen molar-refractivity contribution in [2.45, 2.75) is 26.7 Å². The third kappa shape index (κ3) is 1.93. The minimum atomic E-state index is 0.406. The molecule has 0 saturated carbocycles. The van der Waals surface area contributed by atoms with Gasteiger partial charge in [-0.05, 0) is 24.5 Å². The molecule has 2 heteroatoms. The Morgan fingerprint density at radius 2 is 2.09 bits per heavy atom. The van der Waals surface area contributed by atoms with E-state index in [1.807, 2.05) is 19.2 Å². The van der Waals surface area contributed by atoms with Gasteiger partial charge >= 0.3 is 0 Å². The normalized spacial score (nSPS) is 10.6. The van der Waals surface area contributed by atoms with E-state index in [0.717, 1.165) is 16.3 Å². The summed E-state index contributed by atoms with van der Waals surface area (Å²) >= 11 is 5.96. The summed E-state index contributed by atoms with van der Waals surface area (Å²) in [7, 11) is 0. The predicted octanol–water partition coefficient (Wildman–Crippen LogP) is 3.17. The Kier molecular flexibility index (Phi) is 2.50. The lowest BCUT2D eigenvalue weighted by Gasteiger charge is -2.06. The minimum absolute atomic E-state index is 0.406. The van der Waals surface area contributed by atoms with Gasteiger partial charge in [0.15, 0.2) is 0 Å². The van der Waals surface area contributed by atoms with Crippen LogP contribution in [0.15, 0.2) is 12.3 Å². The molecule has 1 heterocycles. The summed E-state index contributed by atoms with van der Waals surface area (Å²) in [4.78, 5) is 4.25. The van der Waals surface area contributed by atoms with Crippen LogP contribution in [0.2, 0.25) is 5.02 Å². The smallest absolute Gasteiger partial charge is 0.0626 e. The first-order valence-corrected chi connectivity index (χ1v) is 4.11. The fraction of sp³-hybridized carbons (Fsp3) is 0.444. The maximum absolute atomic E-state index is 5.96. The largest absolute Gasteiger partial charge is 0.259 e. The van der Waals surface area contributed by atoms with Crippen molar-refractivity contribution < 1.29 is 0 Å². The van der Waals surface area contributed by atoms with Gasteiger partial charge in [-0.1, -0.05) is 25.4 Å². The first-order valence-electron chi connectivity index (χ1n) is 3.73. The zero-order valence-corrected chi connectivity index (χ0v) is 7.81. The first-order chi connectivity index (χ1) is 5.11. The molecule has 0 spiro atoms. The zero-order valence-electron chi connectivity index (χ0n) is 7.06. The second kappa shape index (κ2) is 3.22. The van der Waals surface area contributed by atoms with Crippen molar-refractivity contribution in [1.82, 2.24) is 4.98 Å². The Morgan fingerprint density at radius 1 is 1.45 bits per heavy atom. The molecular formula is C9H12ClN. The van der Waals surface area contributed by atoms with Gasteiger partial charge in [-0.25, -0.2) is 0 Å². The maximum Gasteiger partial charge on any atom is 0.0626 e. The van der Waals surface area contributed by atoms with Crippen LogP contribution >= 0.6 is 11.6 Å². The van der Waals surface area contributed by atoms with Crippen LogP contribution in [0.4, 0.5) is 0 Å². The number of halogens is 1. The van der Waals surface area contributed by atoms with Crippen LogP contribution in [-0.2, 0) is 0 Å². The van der Waals surface area contributed by atoms with Gasteiger partial charge < -0.3 is 0 Å². The molecule has 0 aliphatic rings. The highest BCUT2D eigenvalue weighted by atomic mass is 35.5. The van der Waals surface area contributed by atoms with Crippen LogP contribution in [0.3, 0.4) is 0 Å². The van der Waals surface area contributed by atoms with E-state index in [0.29, 0.717) is 5.92 Å². The molecule has 0 saturated heterocycles. The van der Waals surface area contributed by atoms with Gasteiger partial charge in [0.1, 0.15) is 0 Å². The second-order valence-electron chi connectivity index (χ2n) is 3.03. The standard InChI is InChI=1S/C9H12ClN/c1-6(2)9-8(10)4-7(3)5-11-9/h4-6H,1-3H3. The molecule has 0 N–H and O–H groups in total. The van der Waals surface area contributed by atoms with E-state index in [2.05, 4.69) is 18.8 Å². The van der Waals surface area contributed by atoms with Gasteiger partial charge in [0, 0.05) is 6.20 Å². The zero-order chi connectivity index (χ0) is 8.43. The van der Waals surface area contributed by atoms with Crippen molar-refractivity contribution >= 4 is 11.6 Å². The molecule has 1 rings (SSSR count). The van der Waals surface area contributed by atoms with Crippen molar-refractivity contribution in [3.8, 4) is 0 Å². The fourth-order valence-corrected chi connectivity index (χ4v) is 1.41. The maximum atomic E-state index is 5.96. The summed E-state index contributed by atoms with van der Waals surface area (Å²) in [5, 5.41) is 0.778. The lowest BCUT2D eigenvalue weighted by Crippen LogP contribution is -1.93. The number of aromatic nitrogens is 1. The summed E-state index contributed by atoms with van der Waals surface area (Å²) in [5.41, 5.74) is 2.09. The molecule has 0 aliphatic heterocycles. The van der Waals surface area contributed by atoms with Gasteiger partial charge in [0.05, 0.1) is 10.7 Å². The highest BCUT2D eigenvalue weighted by molar-refractivity contribution is 6.31. The molecule has 0 unspecified atom stereocenters. The van der Waals surface area contributed by atoms with E-state index >= 15 is 0 Å². The van der Waals surface area contributed by atoms with Gasteiger partial charge in [-0.3, -0.25) is 4.98 Å². The molecular weight excluding hydrogens is 158 g/mol. The second-order valence-corrected chi connectivity index (χ2v) is 3.44. The van der Waals surface area contributed by atoms with E-state index in [9.17, 15) is 0 Å². The molecule has 0 radical (unpaired) electrons.